The topological polar surface area (TPSA) is 120 Å². The zero-order chi connectivity index (χ0) is 22.1. The van der Waals surface area contributed by atoms with E-state index in [-0.39, 0.29) is 0 Å². The van der Waals surface area contributed by atoms with Gasteiger partial charge in [-0.2, -0.15) is 0 Å². The lowest BCUT2D eigenvalue weighted by Crippen LogP contribution is -2.29. The Kier molecular flexibility index (Phi) is 7.94. The molecule has 31 heavy (non-hydrogen) atoms. The molecule has 2 aromatic heterocycles. The summed E-state index contributed by atoms with van der Waals surface area (Å²) in [6, 6.07) is 15.0. The van der Waals surface area contributed by atoms with Gasteiger partial charge in [-0.15, -0.1) is 10.2 Å². The van der Waals surface area contributed by atoms with E-state index in [0.717, 1.165) is 31.0 Å². The fourth-order valence-electron chi connectivity index (χ4n) is 3.47. The van der Waals surface area contributed by atoms with Crippen LogP contribution in [0.5, 0.6) is 0 Å². The summed E-state index contributed by atoms with van der Waals surface area (Å²) in [7, 11) is 0. The van der Waals surface area contributed by atoms with Crippen molar-refractivity contribution in [2.75, 3.05) is 24.5 Å². The van der Waals surface area contributed by atoms with Gasteiger partial charge in [0.2, 0.25) is 0 Å². The fourth-order valence-corrected chi connectivity index (χ4v) is 3.47. The predicted molar refractivity (Wildman–Crippen MR) is 116 cm³/mol. The number of pyridine rings is 1. The van der Waals surface area contributed by atoms with Crippen molar-refractivity contribution >= 4 is 23.3 Å². The highest BCUT2D eigenvalue weighted by molar-refractivity contribution is 6.27. The van der Waals surface area contributed by atoms with Gasteiger partial charge >= 0.3 is 11.9 Å². The number of aliphatic carboxylic acids is 2. The lowest BCUT2D eigenvalue weighted by atomic mass is 10.1. The number of rotatable bonds is 6. The average Bonchev–Trinajstić information content (AvgIpc) is 3.21. The molecule has 3 N–H and O–H groups in total. The van der Waals surface area contributed by atoms with Gasteiger partial charge in [-0.05, 0) is 49.1 Å². The molecule has 9 nitrogen and oxygen atoms in total. The highest BCUT2D eigenvalue weighted by atomic mass is 16.4. The number of fused-ring (bicyclic) bond motifs is 1. The first kappa shape index (κ1) is 22.2. The molecule has 164 valence electrons. The number of nitrogens with one attached hydrogen (secondary N) is 1. The van der Waals surface area contributed by atoms with Crippen molar-refractivity contribution in [3.63, 3.8) is 0 Å². The maximum Gasteiger partial charge on any atom is 0.414 e. The maximum absolute atomic E-state index is 9.10. The molecule has 3 heterocycles. The van der Waals surface area contributed by atoms with Gasteiger partial charge in [0.1, 0.15) is 5.82 Å². The van der Waals surface area contributed by atoms with Crippen LogP contribution in [-0.2, 0) is 22.6 Å². The Morgan fingerprint density at radius 1 is 0.935 bits per heavy atom. The van der Waals surface area contributed by atoms with Gasteiger partial charge in [0, 0.05) is 44.5 Å². The van der Waals surface area contributed by atoms with Crippen LogP contribution in [0.2, 0.25) is 0 Å². The molecule has 0 unspecified atom stereocenters. The van der Waals surface area contributed by atoms with Crippen LogP contribution in [0, 0.1) is 0 Å². The minimum Gasteiger partial charge on any atom is -0.473 e. The zero-order valence-corrected chi connectivity index (χ0v) is 17.3. The molecule has 4 rings (SSSR count). The van der Waals surface area contributed by atoms with Gasteiger partial charge in [0.25, 0.3) is 0 Å². The van der Waals surface area contributed by atoms with Gasteiger partial charge in [0.15, 0.2) is 5.65 Å². The Morgan fingerprint density at radius 3 is 2.32 bits per heavy atom. The van der Waals surface area contributed by atoms with E-state index in [0.29, 0.717) is 0 Å². The van der Waals surface area contributed by atoms with E-state index in [1.165, 1.54) is 43.6 Å². The van der Waals surface area contributed by atoms with Gasteiger partial charge < -0.3 is 20.4 Å². The number of aromatic nitrogens is 3. The van der Waals surface area contributed by atoms with Crippen molar-refractivity contribution < 1.29 is 19.8 Å². The predicted octanol–water partition coefficient (Wildman–Crippen LogP) is 2.21. The highest BCUT2D eigenvalue weighted by Crippen LogP contribution is 2.20. The van der Waals surface area contributed by atoms with Crippen LogP contribution in [0.3, 0.4) is 0 Å². The SMILES string of the molecule is O=C(O)C(=O)O.c1ccn2c(CCNCc3ccc(N4CCCCC4)cc3)nnc2c1. The quantitative estimate of drug-likeness (QED) is 0.406. The summed E-state index contributed by atoms with van der Waals surface area (Å²) in [4.78, 5) is 20.7. The molecule has 3 aromatic rings. The van der Waals surface area contributed by atoms with E-state index in [1.54, 1.807) is 0 Å². The molecule has 1 saturated heterocycles. The first-order valence-electron chi connectivity index (χ1n) is 10.3. The van der Waals surface area contributed by atoms with Crippen LogP contribution < -0.4 is 10.2 Å². The van der Waals surface area contributed by atoms with Crippen LogP contribution in [0.25, 0.3) is 5.65 Å². The molecule has 0 bridgehead atoms. The minimum absolute atomic E-state index is 0.872. The molecule has 1 aromatic carbocycles. The van der Waals surface area contributed by atoms with Crippen molar-refractivity contribution in [3.8, 4) is 0 Å². The number of carbonyl (C=O) groups is 2. The normalized spacial score (nSPS) is 13.5. The summed E-state index contributed by atoms with van der Waals surface area (Å²) < 4.78 is 2.05. The van der Waals surface area contributed by atoms with Crippen LogP contribution in [0.4, 0.5) is 5.69 Å². The van der Waals surface area contributed by atoms with Gasteiger partial charge in [-0.3, -0.25) is 4.40 Å². The third-order valence-electron chi connectivity index (χ3n) is 5.08. The molecule has 0 spiro atoms. The standard InChI is InChI=1S/C20H25N5.C2H2O4/c1-3-13-24(14-4-1)18-9-7-17(8-10-18)16-21-12-11-20-23-22-19-6-2-5-15-25(19)20;3-1(4)2(5)6/h2,5-10,15,21H,1,3-4,11-14,16H2;(H,3,4)(H,5,6). The summed E-state index contributed by atoms with van der Waals surface area (Å²) >= 11 is 0. The summed E-state index contributed by atoms with van der Waals surface area (Å²) in [5, 5.41) is 26.8. The number of hydrogen-bond donors (Lipinski definition) is 3. The second-order valence-corrected chi connectivity index (χ2v) is 7.30. The second-order valence-electron chi connectivity index (χ2n) is 7.30. The minimum atomic E-state index is -1.82. The van der Waals surface area contributed by atoms with Crippen molar-refractivity contribution in [3.05, 3.63) is 60.0 Å². The van der Waals surface area contributed by atoms with E-state index < -0.39 is 11.9 Å². The Balaban J connectivity index is 0.000000401. The van der Waals surface area contributed by atoms with Crippen molar-refractivity contribution in [1.82, 2.24) is 19.9 Å². The van der Waals surface area contributed by atoms with E-state index in [2.05, 4.69) is 49.1 Å². The number of carboxylic acids is 2. The smallest absolute Gasteiger partial charge is 0.414 e. The molecule has 1 aliphatic rings. The number of carboxylic acid groups (broad SMARTS) is 2. The largest absolute Gasteiger partial charge is 0.473 e. The van der Waals surface area contributed by atoms with Crippen molar-refractivity contribution in [2.24, 2.45) is 0 Å². The van der Waals surface area contributed by atoms with Crippen LogP contribution in [0.15, 0.2) is 48.7 Å². The molecule has 1 fully saturated rings. The van der Waals surface area contributed by atoms with Gasteiger partial charge in [0.05, 0.1) is 0 Å². The Morgan fingerprint density at radius 2 is 1.65 bits per heavy atom. The molecule has 0 aliphatic carbocycles. The van der Waals surface area contributed by atoms with Crippen LogP contribution >= 0.6 is 0 Å². The summed E-state index contributed by atoms with van der Waals surface area (Å²) in [5.41, 5.74) is 3.59. The summed E-state index contributed by atoms with van der Waals surface area (Å²) in [6.07, 6.45) is 6.90. The molecule has 1 aliphatic heterocycles. The van der Waals surface area contributed by atoms with Crippen LogP contribution in [0.1, 0.15) is 30.7 Å². The third-order valence-corrected chi connectivity index (χ3v) is 5.08. The maximum atomic E-state index is 9.10. The monoisotopic (exact) mass is 425 g/mol. The second kappa shape index (κ2) is 11.1. The molecular weight excluding hydrogens is 398 g/mol. The lowest BCUT2D eigenvalue weighted by molar-refractivity contribution is -0.159. The number of piperidine rings is 1. The number of anilines is 1. The summed E-state index contributed by atoms with van der Waals surface area (Å²) in [6.45, 7) is 4.17. The van der Waals surface area contributed by atoms with Crippen molar-refractivity contribution in [1.29, 1.82) is 0 Å². The van der Waals surface area contributed by atoms with Crippen LogP contribution in [-0.4, -0.2) is 56.4 Å². The zero-order valence-electron chi connectivity index (χ0n) is 17.3. The fraction of sp³-hybridized carbons (Fsp3) is 0.364. The molecule has 9 heteroatoms. The Bertz CT molecular complexity index is 985. The molecule has 0 atom stereocenters. The summed E-state index contributed by atoms with van der Waals surface area (Å²) in [5.74, 6) is -2.64. The van der Waals surface area contributed by atoms with E-state index >= 15 is 0 Å². The number of nitrogens with zero attached hydrogens (tertiary/aromatic N) is 4. The lowest BCUT2D eigenvalue weighted by Gasteiger charge is -2.28. The first-order chi connectivity index (χ1) is 15.0. The van der Waals surface area contributed by atoms with E-state index in [4.69, 9.17) is 19.8 Å². The average molecular weight is 425 g/mol. The third kappa shape index (κ3) is 6.51. The highest BCUT2D eigenvalue weighted by Gasteiger charge is 2.10. The molecule has 0 saturated carbocycles. The Hall–Kier alpha value is -3.46. The van der Waals surface area contributed by atoms with Crippen molar-refractivity contribution in [2.45, 2.75) is 32.2 Å². The van der Waals surface area contributed by atoms with E-state index in [9.17, 15) is 0 Å². The molecule has 0 radical (unpaired) electrons. The number of benzene rings is 1. The van der Waals surface area contributed by atoms with E-state index in [1.807, 2.05) is 24.4 Å². The first-order valence-corrected chi connectivity index (χ1v) is 10.3. The van der Waals surface area contributed by atoms with Gasteiger partial charge in [-0.1, -0.05) is 18.2 Å². The number of hydrogen-bond acceptors (Lipinski definition) is 6. The Labute approximate surface area is 180 Å². The molecular formula is C22H27N5O4. The van der Waals surface area contributed by atoms with Gasteiger partial charge in [-0.25, -0.2) is 9.59 Å². The molecule has 0 amide bonds.